The van der Waals surface area contributed by atoms with Crippen LogP contribution in [0.1, 0.15) is 0 Å². The lowest BCUT2D eigenvalue weighted by Crippen LogP contribution is -1.91. The molecule has 0 saturated carbocycles. The van der Waals surface area contributed by atoms with E-state index in [9.17, 15) is 0 Å². The molecule has 0 radical (unpaired) electrons. The van der Waals surface area contributed by atoms with Crippen LogP contribution in [0, 0.1) is 0 Å². The lowest BCUT2D eigenvalue weighted by Gasteiger charge is -2.19. The van der Waals surface area contributed by atoms with Crippen LogP contribution >= 0.6 is 22.7 Å². The molecule has 2 heterocycles. The van der Waals surface area contributed by atoms with E-state index in [-0.39, 0.29) is 0 Å². The summed E-state index contributed by atoms with van der Waals surface area (Å²) in [5.74, 6) is 0. The van der Waals surface area contributed by atoms with Crippen molar-refractivity contribution in [2.45, 2.75) is 0 Å². The second-order valence-corrected chi connectivity index (χ2v) is 14.8. The second kappa shape index (κ2) is 9.98. The molecule has 0 bridgehead atoms. The zero-order valence-corrected chi connectivity index (χ0v) is 27.5. The van der Waals surface area contributed by atoms with Gasteiger partial charge in [-0.05, 0) is 83.5 Å². The zero-order valence-electron chi connectivity index (χ0n) is 25.8. The summed E-state index contributed by atoms with van der Waals surface area (Å²) in [7, 11) is 0. The van der Waals surface area contributed by atoms with Gasteiger partial charge in [-0.2, -0.15) is 0 Å². The third-order valence-corrected chi connectivity index (χ3v) is 12.8. The summed E-state index contributed by atoms with van der Waals surface area (Å²) >= 11 is 3.90. The van der Waals surface area contributed by atoms with Gasteiger partial charge in [0, 0.05) is 30.9 Å². The fourth-order valence-corrected chi connectivity index (χ4v) is 10.8. The van der Waals surface area contributed by atoms with Gasteiger partial charge in [0.05, 0.1) is 9.40 Å². The number of rotatable bonds is 2. The van der Waals surface area contributed by atoms with E-state index in [1.54, 1.807) is 0 Å². The molecule has 0 spiro atoms. The fraction of sp³-hybridized carbons (Fsp3) is 0. The van der Waals surface area contributed by atoms with Crippen LogP contribution in [-0.2, 0) is 0 Å². The normalized spacial score (nSPS) is 12.2. The predicted octanol–water partition coefficient (Wildman–Crippen LogP) is 14.4. The van der Waals surface area contributed by atoms with Gasteiger partial charge in [0.15, 0.2) is 0 Å². The molecule has 2 heteroatoms. The molecule has 0 aliphatic rings. The summed E-state index contributed by atoms with van der Waals surface area (Å²) in [4.78, 5) is 0. The predicted molar refractivity (Wildman–Crippen MR) is 213 cm³/mol. The van der Waals surface area contributed by atoms with Crippen LogP contribution in [0.25, 0.3) is 106 Å². The van der Waals surface area contributed by atoms with E-state index in [1.165, 1.54) is 106 Å². The summed E-state index contributed by atoms with van der Waals surface area (Å²) in [6.07, 6.45) is 0. The Morgan fingerprint density at radius 1 is 0.312 bits per heavy atom. The average Bonchev–Trinajstić information content (AvgIpc) is 3.73. The molecule has 0 atom stereocenters. The Morgan fingerprint density at radius 2 is 0.896 bits per heavy atom. The molecule has 0 fully saturated rings. The lowest BCUT2D eigenvalue weighted by atomic mass is 9.84. The molecular formula is C46H26S2. The van der Waals surface area contributed by atoms with Gasteiger partial charge in [0.25, 0.3) is 0 Å². The smallest absolute Gasteiger partial charge is 0.0540 e. The molecule has 0 amide bonds. The van der Waals surface area contributed by atoms with Crippen molar-refractivity contribution in [1.29, 1.82) is 0 Å². The first kappa shape index (κ1) is 26.5. The van der Waals surface area contributed by atoms with Gasteiger partial charge in [-0.25, -0.2) is 0 Å². The van der Waals surface area contributed by atoms with Crippen LogP contribution in [0.15, 0.2) is 158 Å². The van der Waals surface area contributed by atoms with Gasteiger partial charge in [0.2, 0.25) is 0 Å². The standard InChI is InChI=1S/C46H26S2/c1-2-13-29-25-30(22-21-27(29)11-1)41-32-15-5-7-17-34(32)42(35-18-8-6-16-33(35)41)39-26-38-36-24-23-28-12-3-4-14-31(28)44(36)48-45(38)46-43(39)37-19-9-10-20-40(37)47-46/h1-26H. The van der Waals surface area contributed by atoms with Gasteiger partial charge in [-0.1, -0.05) is 140 Å². The van der Waals surface area contributed by atoms with Crippen molar-refractivity contribution in [2.24, 2.45) is 0 Å². The molecule has 0 saturated heterocycles. The van der Waals surface area contributed by atoms with Gasteiger partial charge in [-0.3, -0.25) is 0 Å². The van der Waals surface area contributed by atoms with Crippen molar-refractivity contribution < 1.29 is 0 Å². The van der Waals surface area contributed by atoms with E-state index in [4.69, 9.17) is 0 Å². The molecule has 9 aromatic carbocycles. The second-order valence-electron chi connectivity index (χ2n) is 12.8. The number of thiophene rings is 2. The van der Waals surface area contributed by atoms with Gasteiger partial charge in [-0.15, -0.1) is 22.7 Å². The molecule has 48 heavy (non-hydrogen) atoms. The van der Waals surface area contributed by atoms with E-state index in [1.807, 2.05) is 22.7 Å². The van der Waals surface area contributed by atoms with Crippen molar-refractivity contribution in [3.8, 4) is 22.3 Å². The largest absolute Gasteiger partial charge is 0.134 e. The first-order valence-electron chi connectivity index (χ1n) is 16.4. The number of hydrogen-bond acceptors (Lipinski definition) is 2. The van der Waals surface area contributed by atoms with Crippen molar-refractivity contribution in [3.05, 3.63) is 158 Å². The molecule has 0 nitrogen and oxygen atoms in total. The van der Waals surface area contributed by atoms with Crippen LogP contribution < -0.4 is 0 Å². The van der Waals surface area contributed by atoms with Gasteiger partial charge >= 0.3 is 0 Å². The van der Waals surface area contributed by atoms with E-state index in [0.29, 0.717) is 0 Å². The molecule has 0 N–H and O–H groups in total. The highest BCUT2D eigenvalue weighted by Gasteiger charge is 2.23. The highest BCUT2D eigenvalue weighted by Crippen LogP contribution is 2.52. The molecule has 0 unspecified atom stereocenters. The SMILES string of the molecule is c1ccc2cc(-c3c4ccccc4c(-c4cc5c6ccc7ccccc7c6sc5c5sc6ccccc6c45)c4ccccc34)ccc2c1. The van der Waals surface area contributed by atoms with E-state index in [0.717, 1.165) is 0 Å². The van der Waals surface area contributed by atoms with Crippen molar-refractivity contribution in [1.82, 2.24) is 0 Å². The topological polar surface area (TPSA) is 0 Å². The summed E-state index contributed by atoms with van der Waals surface area (Å²) in [6.45, 7) is 0. The Labute approximate surface area is 284 Å². The average molecular weight is 643 g/mol. The molecule has 11 aromatic rings. The summed E-state index contributed by atoms with van der Waals surface area (Å²) in [5.41, 5.74) is 5.20. The molecule has 11 rings (SSSR count). The quantitative estimate of drug-likeness (QED) is 0.165. The first-order chi connectivity index (χ1) is 23.8. The zero-order chi connectivity index (χ0) is 31.3. The lowest BCUT2D eigenvalue weighted by molar-refractivity contribution is 1.69. The monoisotopic (exact) mass is 642 g/mol. The maximum atomic E-state index is 2.52. The number of fused-ring (bicyclic) bond motifs is 12. The Kier molecular flexibility index (Phi) is 5.51. The number of hydrogen-bond donors (Lipinski definition) is 0. The minimum atomic E-state index is 1.25. The van der Waals surface area contributed by atoms with Crippen LogP contribution in [0.4, 0.5) is 0 Å². The van der Waals surface area contributed by atoms with Gasteiger partial charge < -0.3 is 0 Å². The minimum absolute atomic E-state index is 1.25. The Bertz CT molecular complexity index is 3060. The van der Waals surface area contributed by atoms with Crippen LogP contribution in [-0.4, -0.2) is 0 Å². The Hall–Kier alpha value is -5.54. The summed E-state index contributed by atoms with van der Waals surface area (Å²) in [5, 5.41) is 15.7. The maximum absolute atomic E-state index is 2.52. The van der Waals surface area contributed by atoms with E-state index < -0.39 is 0 Å². The van der Waals surface area contributed by atoms with Crippen molar-refractivity contribution >= 4 is 106 Å². The summed E-state index contributed by atoms with van der Waals surface area (Å²) in [6, 6.07) is 58.7. The molecule has 0 aliphatic heterocycles. The Morgan fingerprint density at radius 3 is 1.65 bits per heavy atom. The highest BCUT2D eigenvalue weighted by molar-refractivity contribution is 7.34. The Balaban J connectivity index is 1.34. The van der Waals surface area contributed by atoms with Crippen LogP contribution in [0.3, 0.4) is 0 Å². The fourth-order valence-electron chi connectivity index (χ4n) is 8.12. The minimum Gasteiger partial charge on any atom is -0.134 e. The van der Waals surface area contributed by atoms with Crippen LogP contribution in [0.2, 0.25) is 0 Å². The molecular weight excluding hydrogens is 617 g/mol. The van der Waals surface area contributed by atoms with E-state index >= 15 is 0 Å². The molecule has 0 aliphatic carbocycles. The van der Waals surface area contributed by atoms with Crippen molar-refractivity contribution in [3.63, 3.8) is 0 Å². The molecule has 2 aromatic heterocycles. The first-order valence-corrected chi connectivity index (χ1v) is 18.1. The third kappa shape index (κ3) is 3.65. The molecule has 222 valence electrons. The van der Waals surface area contributed by atoms with Gasteiger partial charge in [0.1, 0.15) is 0 Å². The van der Waals surface area contributed by atoms with Crippen LogP contribution in [0.5, 0.6) is 0 Å². The highest BCUT2D eigenvalue weighted by atomic mass is 32.1. The third-order valence-electron chi connectivity index (χ3n) is 10.2. The number of benzene rings is 9. The maximum Gasteiger partial charge on any atom is 0.0540 e. The summed E-state index contributed by atoms with van der Waals surface area (Å²) < 4.78 is 5.49. The van der Waals surface area contributed by atoms with Crippen molar-refractivity contribution in [2.75, 3.05) is 0 Å². The van der Waals surface area contributed by atoms with E-state index in [2.05, 4.69) is 158 Å².